The zero-order valence-electron chi connectivity index (χ0n) is 31.7. The van der Waals surface area contributed by atoms with Crippen LogP contribution in [-0.4, -0.2) is 75.9 Å². The number of aromatic nitrogens is 1. The molecule has 1 aromatic rings. The Bertz CT molecular complexity index is 1570. The van der Waals surface area contributed by atoms with E-state index < -0.39 is 59.0 Å². The van der Waals surface area contributed by atoms with Crippen LogP contribution in [0.15, 0.2) is 24.5 Å². The van der Waals surface area contributed by atoms with Crippen LogP contribution in [0.2, 0.25) is 0 Å². The van der Waals surface area contributed by atoms with E-state index in [1.54, 1.807) is 23.2 Å². The Balaban J connectivity index is 1.28. The Morgan fingerprint density at radius 1 is 0.923 bits per heavy atom. The van der Waals surface area contributed by atoms with Gasteiger partial charge in [-0.05, 0) is 78.7 Å². The molecule has 5 aliphatic rings. The molecule has 1 aromatic heterocycles. The van der Waals surface area contributed by atoms with Crippen LogP contribution in [0.25, 0.3) is 0 Å². The van der Waals surface area contributed by atoms with Crippen molar-refractivity contribution in [1.29, 1.82) is 0 Å². The van der Waals surface area contributed by atoms with Crippen LogP contribution in [0.4, 0.5) is 0 Å². The topological polar surface area (TPSA) is 182 Å². The minimum absolute atomic E-state index is 0.0289. The van der Waals surface area contributed by atoms with Crippen molar-refractivity contribution in [3.05, 3.63) is 30.1 Å². The number of rotatable bonds is 12. The van der Waals surface area contributed by atoms with E-state index in [0.29, 0.717) is 24.9 Å². The van der Waals surface area contributed by atoms with E-state index in [1.807, 2.05) is 20.8 Å². The monoisotopic (exact) mass is 719 g/mol. The molecule has 1 saturated heterocycles. The molecule has 0 aromatic carbocycles. The first-order valence-electron chi connectivity index (χ1n) is 19.6. The van der Waals surface area contributed by atoms with E-state index >= 15 is 0 Å². The number of carbonyl (C=O) groups excluding carboxylic acids is 6. The molecule has 5 unspecified atom stereocenters. The summed E-state index contributed by atoms with van der Waals surface area (Å²) in [6.45, 7) is 10.5. The molecule has 4 saturated carbocycles. The summed E-state index contributed by atoms with van der Waals surface area (Å²) in [6.07, 6.45) is 14.5. The highest BCUT2D eigenvalue weighted by Crippen LogP contribution is 2.88. The maximum atomic E-state index is 15.0. The average molecular weight is 720 g/mol. The Morgan fingerprint density at radius 2 is 1.62 bits per heavy atom. The summed E-state index contributed by atoms with van der Waals surface area (Å²) in [5.74, 6) is -3.01. The van der Waals surface area contributed by atoms with Crippen LogP contribution in [0.5, 0.6) is 0 Å². The van der Waals surface area contributed by atoms with Crippen LogP contribution in [0.1, 0.15) is 128 Å². The number of quaternary nitrogens is 1. The number of ketones is 1. The zero-order valence-corrected chi connectivity index (χ0v) is 31.7. The number of fused-ring (bicyclic) bond motifs is 1. The fourth-order valence-corrected chi connectivity index (χ4v) is 10.5. The lowest BCUT2D eigenvalue weighted by Gasteiger charge is -2.38. The van der Waals surface area contributed by atoms with Gasteiger partial charge in [0.2, 0.25) is 17.7 Å². The second-order valence-electron chi connectivity index (χ2n) is 18.1. The van der Waals surface area contributed by atoms with Crippen molar-refractivity contribution in [2.24, 2.45) is 33.5 Å². The first kappa shape index (κ1) is 38.1. The van der Waals surface area contributed by atoms with Crippen LogP contribution >= 0.6 is 0 Å². The predicted molar refractivity (Wildman–Crippen MR) is 193 cm³/mol. The third-order valence-electron chi connectivity index (χ3n) is 14.1. The Labute approximate surface area is 307 Å². The maximum absolute atomic E-state index is 15.0. The van der Waals surface area contributed by atoms with E-state index in [0.717, 1.165) is 70.6 Å². The van der Waals surface area contributed by atoms with Crippen molar-refractivity contribution in [2.75, 3.05) is 6.54 Å². The summed E-state index contributed by atoms with van der Waals surface area (Å²) in [6, 6.07) is -0.386. The Hall–Kier alpha value is -3.67. The number of amides is 5. The Kier molecular flexibility index (Phi) is 10.5. The van der Waals surface area contributed by atoms with Crippen LogP contribution in [0.3, 0.4) is 0 Å². The molecule has 4 aliphatic carbocycles. The molecule has 5 amide bonds. The molecule has 0 radical (unpaired) electrons. The molecular weight excluding hydrogens is 660 g/mol. The van der Waals surface area contributed by atoms with Crippen molar-refractivity contribution in [3.63, 3.8) is 0 Å². The summed E-state index contributed by atoms with van der Waals surface area (Å²) in [5.41, 5.74) is 2.59. The number of pyridine rings is 1. The van der Waals surface area contributed by atoms with E-state index in [4.69, 9.17) is 0 Å². The molecular formula is C40H59N6O6+. The van der Waals surface area contributed by atoms with Crippen LogP contribution < -0.4 is 21.7 Å². The second-order valence-corrected chi connectivity index (χ2v) is 18.1. The van der Waals surface area contributed by atoms with Crippen molar-refractivity contribution in [3.8, 4) is 0 Å². The van der Waals surface area contributed by atoms with Crippen molar-refractivity contribution < 1.29 is 34.5 Å². The predicted octanol–water partition coefficient (Wildman–Crippen LogP) is 3.10. The highest BCUT2D eigenvalue weighted by Gasteiger charge is 2.85. The first-order chi connectivity index (χ1) is 24.5. The Morgan fingerprint density at radius 3 is 2.13 bits per heavy atom. The van der Waals surface area contributed by atoms with Crippen molar-refractivity contribution in [1.82, 2.24) is 25.8 Å². The number of hydrogen-bond donors (Lipinski definition) is 4. The van der Waals surface area contributed by atoms with Gasteiger partial charge in [0.15, 0.2) is 0 Å². The average Bonchev–Trinajstić information content (AvgIpc) is 3.28. The summed E-state index contributed by atoms with van der Waals surface area (Å²) >= 11 is 0. The standard InChI is InChI=1S/C40H58N6O6/c1-37(2,3)31(45-35(51)29(25-14-7-6-8-15-25)44-33(49)26-16-10-19-42-22-26)36(52)46-23-40(38(4,5)39(40)17-11-18-39)21-28(46)34(50)43-27(30(47)32(41)48)20-24-12-9-13-24/h10,16,19,22,24-25,27-29,31H,6-9,11-15,17-18,20-21,23H2,1-5H3,(H2,41,48)(H,43,50)(H,44,49)(H,45,51)/p+1. The number of nitrogens with one attached hydrogen (secondary N) is 3. The van der Waals surface area contributed by atoms with Gasteiger partial charge in [0.1, 0.15) is 24.2 Å². The van der Waals surface area contributed by atoms with Gasteiger partial charge in [0.05, 0.1) is 5.56 Å². The molecule has 1 aliphatic heterocycles. The van der Waals surface area contributed by atoms with Gasteiger partial charge in [-0.1, -0.05) is 79.6 Å². The SMILES string of the molecule is CC(C)(C)C(NC(=O)C(NC(=O)c1cccnc1)C1CCCCC1)C(=O)N1CC2(CC1C(=O)NC(CC1CCC1)C(=O)C([NH3+])=O)C(C)(C)C21CCC1. The quantitative estimate of drug-likeness (QED) is 0.240. The molecule has 0 bridgehead atoms. The molecule has 52 heavy (non-hydrogen) atoms. The number of likely N-dealkylation sites (tertiary alicyclic amines) is 1. The number of hydrogen-bond acceptors (Lipinski definition) is 7. The number of carbonyl (C=O) groups is 6. The molecule has 12 heteroatoms. The molecule has 6 rings (SSSR count). The van der Waals surface area contributed by atoms with Gasteiger partial charge in [0, 0.05) is 24.4 Å². The van der Waals surface area contributed by atoms with Crippen molar-refractivity contribution in [2.45, 2.75) is 142 Å². The lowest BCUT2D eigenvalue weighted by Crippen LogP contribution is -2.66. The minimum atomic E-state index is -1.00. The zero-order chi connectivity index (χ0) is 37.6. The highest BCUT2D eigenvalue weighted by molar-refractivity contribution is 6.34. The van der Waals surface area contributed by atoms with Crippen LogP contribution in [0, 0.1) is 33.5 Å². The number of Topliss-reactive ketones (excluding diaryl/α,β-unsaturated/α-hetero) is 1. The molecule has 2 heterocycles. The third kappa shape index (κ3) is 6.69. The van der Waals surface area contributed by atoms with Gasteiger partial charge < -0.3 is 20.9 Å². The first-order valence-corrected chi connectivity index (χ1v) is 19.6. The third-order valence-corrected chi connectivity index (χ3v) is 14.1. The maximum Gasteiger partial charge on any atom is 0.379 e. The summed E-state index contributed by atoms with van der Waals surface area (Å²) in [5, 5.41) is 8.97. The lowest BCUT2D eigenvalue weighted by molar-refractivity contribution is -0.300. The van der Waals surface area contributed by atoms with Gasteiger partial charge in [-0.15, -0.1) is 0 Å². The van der Waals surface area contributed by atoms with Gasteiger partial charge >= 0.3 is 5.91 Å². The molecule has 6 N–H and O–H groups in total. The largest absolute Gasteiger partial charge is 0.379 e. The summed E-state index contributed by atoms with van der Waals surface area (Å²) < 4.78 is 0. The summed E-state index contributed by atoms with van der Waals surface area (Å²) in [7, 11) is 0. The van der Waals surface area contributed by atoms with Crippen molar-refractivity contribution >= 4 is 35.3 Å². The fraction of sp³-hybridized carbons (Fsp3) is 0.725. The number of nitrogens with zero attached hydrogens (tertiary/aromatic N) is 2. The molecule has 2 spiro atoms. The van der Waals surface area contributed by atoms with Gasteiger partial charge in [-0.2, -0.15) is 0 Å². The van der Waals surface area contributed by atoms with Gasteiger partial charge in [0.25, 0.3) is 11.7 Å². The lowest BCUT2D eigenvalue weighted by atomic mass is 9.73. The fourth-order valence-electron chi connectivity index (χ4n) is 10.5. The van der Waals surface area contributed by atoms with Gasteiger partial charge in [-0.3, -0.25) is 34.7 Å². The molecule has 12 nitrogen and oxygen atoms in total. The smallest absolute Gasteiger partial charge is 0.344 e. The molecule has 284 valence electrons. The minimum Gasteiger partial charge on any atom is -0.344 e. The molecule has 5 fully saturated rings. The molecule has 5 atom stereocenters. The second kappa shape index (κ2) is 14.3. The van der Waals surface area contributed by atoms with Gasteiger partial charge in [-0.25, -0.2) is 4.79 Å². The van der Waals surface area contributed by atoms with Crippen LogP contribution in [-0.2, 0) is 24.0 Å². The highest BCUT2D eigenvalue weighted by atomic mass is 16.2. The normalized spacial score (nSPS) is 26.7. The summed E-state index contributed by atoms with van der Waals surface area (Å²) in [4.78, 5) is 88.0. The van der Waals surface area contributed by atoms with E-state index in [9.17, 15) is 28.8 Å². The van der Waals surface area contributed by atoms with E-state index in [1.165, 1.54) is 6.20 Å². The van der Waals surface area contributed by atoms with E-state index in [2.05, 4.69) is 40.5 Å². The van der Waals surface area contributed by atoms with E-state index in [-0.39, 0.29) is 34.0 Å².